The van der Waals surface area contributed by atoms with Gasteiger partial charge in [-0.2, -0.15) is 0 Å². The molecule has 1 rings (SSSR count). The summed E-state index contributed by atoms with van der Waals surface area (Å²) in [5.41, 5.74) is 0. The van der Waals surface area contributed by atoms with Gasteiger partial charge in [0.1, 0.15) is 0 Å². The third-order valence-electron chi connectivity index (χ3n) is 1.50. The van der Waals surface area contributed by atoms with Gasteiger partial charge in [-0.1, -0.05) is 22.6 Å². The average molecular weight is 256 g/mol. The summed E-state index contributed by atoms with van der Waals surface area (Å²) in [6, 6.07) is 0. The normalized spacial score (nSPS) is 30.9. The standard InChI is InChI=1S/C7H13IO2/c1-7(2)9-5-6(10-7)3-4-8/h6H,3-5H2,1-2H3/t6-/m1/s1. The summed E-state index contributed by atoms with van der Waals surface area (Å²) < 4.78 is 12.1. The van der Waals surface area contributed by atoms with Crippen LogP contribution in [0.2, 0.25) is 0 Å². The minimum absolute atomic E-state index is 0.326. The maximum absolute atomic E-state index is 5.56. The molecule has 0 amide bonds. The fourth-order valence-corrected chi connectivity index (χ4v) is 1.72. The lowest BCUT2D eigenvalue weighted by atomic mass is 10.3. The minimum atomic E-state index is -0.337. The molecule has 1 aliphatic rings. The van der Waals surface area contributed by atoms with Crippen molar-refractivity contribution in [2.24, 2.45) is 0 Å². The number of alkyl halides is 1. The molecule has 60 valence electrons. The van der Waals surface area contributed by atoms with Crippen LogP contribution in [0.15, 0.2) is 0 Å². The number of hydrogen-bond donors (Lipinski definition) is 0. The zero-order valence-corrected chi connectivity index (χ0v) is 8.55. The predicted octanol–water partition coefficient (Wildman–Crippen LogP) is 1.96. The van der Waals surface area contributed by atoms with Gasteiger partial charge in [0, 0.05) is 4.43 Å². The van der Waals surface area contributed by atoms with E-state index in [1.165, 1.54) is 0 Å². The first kappa shape index (κ1) is 8.74. The zero-order chi connectivity index (χ0) is 7.61. The van der Waals surface area contributed by atoms with Crippen LogP contribution in [0, 0.1) is 0 Å². The molecule has 2 nitrogen and oxygen atoms in total. The van der Waals surface area contributed by atoms with Crippen LogP contribution in [-0.2, 0) is 9.47 Å². The molecule has 0 bridgehead atoms. The Morgan fingerprint density at radius 2 is 2.30 bits per heavy atom. The average Bonchev–Trinajstić information content (AvgIpc) is 2.12. The van der Waals surface area contributed by atoms with Crippen molar-refractivity contribution >= 4 is 22.6 Å². The van der Waals surface area contributed by atoms with Gasteiger partial charge in [0.15, 0.2) is 5.79 Å². The van der Waals surface area contributed by atoms with Crippen molar-refractivity contribution in [3.63, 3.8) is 0 Å². The Labute approximate surface area is 75.4 Å². The summed E-state index contributed by atoms with van der Waals surface area (Å²) in [5, 5.41) is 0. The molecule has 0 unspecified atom stereocenters. The highest BCUT2D eigenvalue weighted by atomic mass is 127. The van der Waals surface area contributed by atoms with Crippen molar-refractivity contribution in [1.29, 1.82) is 0 Å². The fourth-order valence-electron chi connectivity index (χ4n) is 1.03. The van der Waals surface area contributed by atoms with Gasteiger partial charge >= 0.3 is 0 Å². The molecule has 0 N–H and O–H groups in total. The number of rotatable bonds is 2. The van der Waals surface area contributed by atoms with Crippen LogP contribution in [0.4, 0.5) is 0 Å². The summed E-state index contributed by atoms with van der Waals surface area (Å²) in [5.74, 6) is -0.337. The lowest BCUT2D eigenvalue weighted by Crippen LogP contribution is -2.21. The van der Waals surface area contributed by atoms with Gasteiger partial charge in [-0.25, -0.2) is 0 Å². The van der Waals surface area contributed by atoms with E-state index < -0.39 is 0 Å². The van der Waals surface area contributed by atoms with Crippen LogP contribution in [0.3, 0.4) is 0 Å². The Bertz CT molecular complexity index is 114. The molecular formula is C7H13IO2. The van der Waals surface area contributed by atoms with E-state index in [2.05, 4.69) is 22.6 Å². The number of hydrogen-bond acceptors (Lipinski definition) is 2. The van der Waals surface area contributed by atoms with Crippen molar-refractivity contribution in [1.82, 2.24) is 0 Å². The van der Waals surface area contributed by atoms with E-state index >= 15 is 0 Å². The topological polar surface area (TPSA) is 18.5 Å². The molecule has 0 aromatic carbocycles. The van der Waals surface area contributed by atoms with Crippen molar-refractivity contribution in [3.8, 4) is 0 Å². The van der Waals surface area contributed by atoms with Gasteiger partial charge in [0.2, 0.25) is 0 Å². The Kier molecular flexibility index (Phi) is 2.94. The second-order valence-electron chi connectivity index (χ2n) is 2.93. The van der Waals surface area contributed by atoms with E-state index in [0.29, 0.717) is 6.10 Å². The van der Waals surface area contributed by atoms with Crippen molar-refractivity contribution < 1.29 is 9.47 Å². The van der Waals surface area contributed by atoms with E-state index in [1.807, 2.05) is 13.8 Å². The highest BCUT2D eigenvalue weighted by molar-refractivity contribution is 14.1. The Hall–Kier alpha value is 0.650. The van der Waals surface area contributed by atoms with Crippen LogP contribution in [-0.4, -0.2) is 22.9 Å². The molecule has 0 spiro atoms. The molecule has 1 saturated heterocycles. The van der Waals surface area contributed by atoms with Crippen LogP contribution < -0.4 is 0 Å². The Balaban J connectivity index is 2.29. The van der Waals surface area contributed by atoms with Gasteiger partial charge < -0.3 is 9.47 Å². The fraction of sp³-hybridized carbons (Fsp3) is 1.00. The van der Waals surface area contributed by atoms with Gasteiger partial charge in [0.25, 0.3) is 0 Å². The van der Waals surface area contributed by atoms with Crippen LogP contribution in [0.1, 0.15) is 20.3 Å². The summed E-state index contributed by atoms with van der Waals surface area (Å²) in [6.07, 6.45) is 1.43. The lowest BCUT2D eigenvalue weighted by molar-refractivity contribution is -0.138. The van der Waals surface area contributed by atoms with Gasteiger partial charge in [0.05, 0.1) is 12.7 Å². The maximum Gasteiger partial charge on any atom is 0.163 e. The molecule has 1 atom stereocenters. The van der Waals surface area contributed by atoms with Crippen molar-refractivity contribution in [2.45, 2.75) is 32.2 Å². The lowest BCUT2D eigenvalue weighted by Gasteiger charge is -2.16. The van der Waals surface area contributed by atoms with Crippen molar-refractivity contribution in [2.75, 3.05) is 11.0 Å². The second kappa shape index (κ2) is 3.36. The van der Waals surface area contributed by atoms with E-state index in [1.54, 1.807) is 0 Å². The van der Waals surface area contributed by atoms with Gasteiger partial charge in [-0.05, 0) is 20.3 Å². The maximum atomic E-state index is 5.56. The summed E-state index contributed by atoms with van der Waals surface area (Å²) in [6.45, 7) is 4.68. The van der Waals surface area contributed by atoms with Crippen LogP contribution in [0.5, 0.6) is 0 Å². The molecule has 1 fully saturated rings. The SMILES string of the molecule is CC1(C)OC[C@@H](CCI)O1. The molecule has 10 heavy (non-hydrogen) atoms. The molecule has 0 saturated carbocycles. The monoisotopic (exact) mass is 256 g/mol. The van der Waals surface area contributed by atoms with Gasteiger partial charge in [-0.3, -0.25) is 0 Å². The summed E-state index contributed by atoms with van der Waals surface area (Å²) >= 11 is 2.35. The molecule has 0 aliphatic carbocycles. The smallest absolute Gasteiger partial charge is 0.163 e. The summed E-state index contributed by atoms with van der Waals surface area (Å²) in [4.78, 5) is 0. The van der Waals surface area contributed by atoms with Crippen molar-refractivity contribution in [3.05, 3.63) is 0 Å². The first-order valence-electron chi connectivity index (χ1n) is 3.52. The minimum Gasteiger partial charge on any atom is -0.348 e. The third-order valence-corrected chi connectivity index (χ3v) is 2.12. The molecule has 1 heterocycles. The molecular weight excluding hydrogens is 243 g/mol. The van der Waals surface area contributed by atoms with E-state index in [0.717, 1.165) is 17.5 Å². The number of ether oxygens (including phenoxy) is 2. The molecule has 0 aromatic rings. The first-order valence-corrected chi connectivity index (χ1v) is 5.04. The van der Waals surface area contributed by atoms with E-state index in [4.69, 9.17) is 9.47 Å². The number of halogens is 1. The highest BCUT2D eigenvalue weighted by Crippen LogP contribution is 2.24. The quantitative estimate of drug-likeness (QED) is 0.555. The van der Waals surface area contributed by atoms with Crippen LogP contribution >= 0.6 is 22.6 Å². The van der Waals surface area contributed by atoms with E-state index in [9.17, 15) is 0 Å². The second-order valence-corrected chi connectivity index (χ2v) is 4.01. The Morgan fingerprint density at radius 3 is 2.70 bits per heavy atom. The van der Waals surface area contributed by atoms with E-state index in [-0.39, 0.29) is 5.79 Å². The highest BCUT2D eigenvalue weighted by Gasteiger charge is 2.31. The Morgan fingerprint density at radius 1 is 1.60 bits per heavy atom. The van der Waals surface area contributed by atoms with Crippen LogP contribution in [0.25, 0.3) is 0 Å². The summed E-state index contributed by atoms with van der Waals surface area (Å²) in [7, 11) is 0. The third kappa shape index (κ3) is 2.36. The predicted molar refractivity (Wildman–Crippen MR) is 48.4 cm³/mol. The molecule has 0 aromatic heterocycles. The molecule has 0 radical (unpaired) electrons. The molecule has 3 heteroatoms. The van der Waals surface area contributed by atoms with Gasteiger partial charge in [-0.15, -0.1) is 0 Å². The first-order chi connectivity index (χ1) is 4.64. The largest absolute Gasteiger partial charge is 0.348 e. The molecule has 1 aliphatic heterocycles. The zero-order valence-electron chi connectivity index (χ0n) is 6.39.